The molecule has 15 heavy (non-hydrogen) atoms. The van der Waals surface area contributed by atoms with Crippen molar-refractivity contribution < 1.29 is 0 Å². The number of hydrogen-bond donors (Lipinski definition) is 1. The Morgan fingerprint density at radius 1 is 1.33 bits per heavy atom. The summed E-state index contributed by atoms with van der Waals surface area (Å²) in [4.78, 5) is 0. The highest BCUT2D eigenvalue weighted by Gasteiger charge is 2.20. The third kappa shape index (κ3) is 5.01. The van der Waals surface area contributed by atoms with Crippen molar-refractivity contribution in [1.82, 2.24) is 5.32 Å². The van der Waals surface area contributed by atoms with Gasteiger partial charge < -0.3 is 5.32 Å². The minimum atomic E-state index is 0.761. The standard InChI is InChI=1S/C14H29N/c1-4-5-7-12(2)9-10-14-8-6-11-15-13(14)3/h12-15H,4-11H2,1-3H3. The van der Waals surface area contributed by atoms with Gasteiger partial charge in [0.05, 0.1) is 0 Å². The van der Waals surface area contributed by atoms with E-state index in [4.69, 9.17) is 0 Å². The Kier molecular flexibility index (Phi) is 6.31. The number of unbranched alkanes of at least 4 members (excludes halogenated alkanes) is 1. The van der Waals surface area contributed by atoms with E-state index in [0.29, 0.717) is 0 Å². The van der Waals surface area contributed by atoms with Crippen molar-refractivity contribution in [1.29, 1.82) is 0 Å². The lowest BCUT2D eigenvalue weighted by atomic mass is 9.85. The van der Waals surface area contributed by atoms with Crippen molar-refractivity contribution in [2.75, 3.05) is 6.54 Å². The summed E-state index contributed by atoms with van der Waals surface area (Å²) >= 11 is 0. The maximum Gasteiger partial charge on any atom is 0.00670 e. The topological polar surface area (TPSA) is 12.0 Å². The van der Waals surface area contributed by atoms with Crippen LogP contribution in [0, 0.1) is 11.8 Å². The first-order valence-corrected chi connectivity index (χ1v) is 6.97. The minimum Gasteiger partial charge on any atom is -0.314 e. The zero-order valence-electron chi connectivity index (χ0n) is 10.9. The van der Waals surface area contributed by atoms with Crippen molar-refractivity contribution >= 4 is 0 Å². The van der Waals surface area contributed by atoms with E-state index in [2.05, 4.69) is 26.1 Å². The summed E-state index contributed by atoms with van der Waals surface area (Å²) < 4.78 is 0. The fourth-order valence-corrected chi connectivity index (χ4v) is 2.70. The molecule has 1 nitrogen and oxygen atoms in total. The smallest absolute Gasteiger partial charge is 0.00670 e. The molecule has 1 heterocycles. The largest absolute Gasteiger partial charge is 0.314 e. The summed E-state index contributed by atoms with van der Waals surface area (Å²) in [6.07, 6.45) is 9.93. The number of hydrogen-bond acceptors (Lipinski definition) is 1. The van der Waals surface area contributed by atoms with Crippen LogP contribution in [0.4, 0.5) is 0 Å². The first-order valence-electron chi connectivity index (χ1n) is 6.97. The van der Waals surface area contributed by atoms with Crippen LogP contribution >= 0.6 is 0 Å². The number of rotatable bonds is 6. The highest BCUT2D eigenvalue weighted by atomic mass is 14.9. The molecule has 0 amide bonds. The average molecular weight is 211 g/mol. The van der Waals surface area contributed by atoms with Gasteiger partial charge in [-0.25, -0.2) is 0 Å². The Labute approximate surface area is 96.0 Å². The Balaban J connectivity index is 2.11. The normalized spacial score (nSPS) is 29.0. The molecule has 0 bridgehead atoms. The van der Waals surface area contributed by atoms with Gasteiger partial charge in [-0.1, -0.05) is 39.5 Å². The van der Waals surface area contributed by atoms with Crippen LogP contribution < -0.4 is 5.32 Å². The molecular weight excluding hydrogens is 182 g/mol. The Morgan fingerprint density at radius 3 is 2.80 bits per heavy atom. The van der Waals surface area contributed by atoms with Gasteiger partial charge in [-0.3, -0.25) is 0 Å². The van der Waals surface area contributed by atoms with Crippen molar-refractivity contribution in [3.05, 3.63) is 0 Å². The molecule has 0 radical (unpaired) electrons. The molecular formula is C14H29N. The first-order chi connectivity index (χ1) is 7.24. The van der Waals surface area contributed by atoms with Crippen molar-refractivity contribution in [3.63, 3.8) is 0 Å². The van der Waals surface area contributed by atoms with E-state index in [-0.39, 0.29) is 0 Å². The van der Waals surface area contributed by atoms with E-state index in [0.717, 1.165) is 17.9 Å². The van der Waals surface area contributed by atoms with Crippen molar-refractivity contribution in [3.8, 4) is 0 Å². The summed E-state index contributed by atoms with van der Waals surface area (Å²) in [5.41, 5.74) is 0. The Morgan fingerprint density at radius 2 is 2.13 bits per heavy atom. The van der Waals surface area contributed by atoms with Crippen molar-refractivity contribution in [2.24, 2.45) is 11.8 Å². The predicted octanol–water partition coefficient (Wildman–Crippen LogP) is 3.98. The van der Waals surface area contributed by atoms with Crippen LogP contribution in [0.15, 0.2) is 0 Å². The molecule has 3 unspecified atom stereocenters. The zero-order chi connectivity index (χ0) is 11.1. The predicted molar refractivity (Wildman–Crippen MR) is 68.1 cm³/mol. The molecule has 0 aliphatic carbocycles. The SMILES string of the molecule is CCCCC(C)CCC1CCCNC1C. The summed E-state index contributed by atoms with van der Waals surface area (Å²) in [6.45, 7) is 8.32. The van der Waals surface area contributed by atoms with Gasteiger partial charge in [0.1, 0.15) is 0 Å². The molecule has 0 spiro atoms. The minimum absolute atomic E-state index is 0.761. The molecule has 1 aliphatic heterocycles. The molecule has 1 aliphatic rings. The molecule has 0 aromatic carbocycles. The fourth-order valence-electron chi connectivity index (χ4n) is 2.70. The highest BCUT2D eigenvalue weighted by Crippen LogP contribution is 2.25. The summed E-state index contributed by atoms with van der Waals surface area (Å²) in [7, 11) is 0. The van der Waals surface area contributed by atoms with Gasteiger partial charge >= 0.3 is 0 Å². The van der Waals surface area contributed by atoms with Crippen LogP contribution in [0.1, 0.15) is 65.7 Å². The summed E-state index contributed by atoms with van der Waals surface area (Å²) in [6, 6.07) is 0.761. The number of nitrogens with one attached hydrogen (secondary N) is 1. The molecule has 90 valence electrons. The second-order valence-electron chi connectivity index (χ2n) is 5.47. The fraction of sp³-hybridized carbons (Fsp3) is 1.00. The first kappa shape index (κ1) is 13.0. The third-order valence-electron chi connectivity index (χ3n) is 4.01. The Bertz CT molecular complexity index is 155. The van der Waals surface area contributed by atoms with Gasteiger partial charge in [-0.05, 0) is 44.6 Å². The van der Waals surface area contributed by atoms with Gasteiger partial charge in [0, 0.05) is 6.04 Å². The van der Waals surface area contributed by atoms with Crippen LogP contribution in [0.5, 0.6) is 0 Å². The van der Waals surface area contributed by atoms with E-state index in [1.807, 2.05) is 0 Å². The maximum atomic E-state index is 3.60. The van der Waals surface area contributed by atoms with E-state index < -0.39 is 0 Å². The molecule has 1 saturated heterocycles. The molecule has 1 fully saturated rings. The van der Waals surface area contributed by atoms with Crippen LogP contribution in [-0.4, -0.2) is 12.6 Å². The van der Waals surface area contributed by atoms with Crippen LogP contribution in [-0.2, 0) is 0 Å². The molecule has 1 heteroatoms. The van der Waals surface area contributed by atoms with Gasteiger partial charge in [0.15, 0.2) is 0 Å². The monoisotopic (exact) mass is 211 g/mol. The third-order valence-corrected chi connectivity index (χ3v) is 4.01. The van der Waals surface area contributed by atoms with Gasteiger partial charge in [0.25, 0.3) is 0 Å². The molecule has 0 aromatic heterocycles. The molecule has 0 aromatic rings. The van der Waals surface area contributed by atoms with Crippen LogP contribution in [0.2, 0.25) is 0 Å². The van der Waals surface area contributed by atoms with E-state index in [1.54, 1.807) is 0 Å². The molecule has 3 atom stereocenters. The maximum absolute atomic E-state index is 3.60. The molecule has 1 N–H and O–H groups in total. The lowest BCUT2D eigenvalue weighted by molar-refractivity contribution is 0.261. The average Bonchev–Trinajstić information content (AvgIpc) is 2.25. The zero-order valence-corrected chi connectivity index (χ0v) is 10.9. The lowest BCUT2D eigenvalue weighted by Crippen LogP contribution is -2.39. The van der Waals surface area contributed by atoms with E-state index in [1.165, 1.54) is 51.5 Å². The van der Waals surface area contributed by atoms with Gasteiger partial charge in [-0.2, -0.15) is 0 Å². The number of piperidine rings is 1. The lowest BCUT2D eigenvalue weighted by Gasteiger charge is -2.30. The second-order valence-corrected chi connectivity index (χ2v) is 5.47. The van der Waals surface area contributed by atoms with E-state index in [9.17, 15) is 0 Å². The summed E-state index contributed by atoms with van der Waals surface area (Å²) in [5, 5.41) is 3.60. The second kappa shape index (κ2) is 7.27. The molecule has 0 saturated carbocycles. The highest BCUT2D eigenvalue weighted by molar-refractivity contribution is 4.77. The molecule has 1 rings (SSSR count). The van der Waals surface area contributed by atoms with Gasteiger partial charge in [-0.15, -0.1) is 0 Å². The van der Waals surface area contributed by atoms with Crippen LogP contribution in [0.25, 0.3) is 0 Å². The summed E-state index contributed by atoms with van der Waals surface area (Å²) in [5.74, 6) is 1.89. The quantitative estimate of drug-likeness (QED) is 0.700. The van der Waals surface area contributed by atoms with Crippen LogP contribution in [0.3, 0.4) is 0 Å². The van der Waals surface area contributed by atoms with Gasteiger partial charge in [0.2, 0.25) is 0 Å². The van der Waals surface area contributed by atoms with E-state index >= 15 is 0 Å². The van der Waals surface area contributed by atoms with Crippen molar-refractivity contribution in [2.45, 2.75) is 71.8 Å². The Hall–Kier alpha value is -0.0400.